The van der Waals surface area contributed by atoms with Crippen LogP contribution in [0.5, 0.6) is 0 Å². The Labute approximate surface area is 143 Å². The largest absolute Gasteiger partial charge is 0.325 e. The third-order valence-corrected chi connectivity index (χ3v) is 4.69. The summed E-state index contributed by atoms with van der Waals surface area (Å²) in [6.07, 6.45) is 3.40. The average molecular weight is 351 g/mol. The van der Waals surface area contributed by atoms with E-state index in [0.717, 1.165) is 29.9 Å². The summed E-state index contributed by atoms with van der Waals surface area (Å²) < 4.78 is 26.3. The van der Waals surface area contributed by atoms with Gasteiger partial charge in [-0.15, -0.1) is 0 Å². The van der Waals surface area contributed by atoms with Crippen LogP contribution in [-0.2, 0) is 9.59 Å². The number of benzene rings is 1. The molecule has 0 atom stereocenters. The van der Waals surface area contributed by atoms with Gasteiger partial charge in [-0.3, -0.25) is 14.5 Å². The van der Waals surface area contributed by atoms with Gasteiger partial charge in [0.15, 0.2) is 0 Å². The first kappa shape index (κ1) is 17.3. The molecule has 6 nitrogen and oxygen atoms in total. The highest BCUT2D eigenvalue weighted by Crippen LogP contribution is 2.35. The maximum absolute atomic E-state index is 13.5. The van der Waals surface area contributed by atoms with Gasteiger partial charge in [-0.05, 0) is 31.4 Å². The SMILES string of the molecule is O=C(CCCN1C(=O)NC2(CCCC2)C1=O)Nc1ccc(F)cc1F. The number of nitrogens with zero attached hydrogens (tertiary/aromatic N) is 1. The van der Waals surface area contributed by atoms with Crippen molar-refractivity contribution in [3.8, 4) is 0 Å². The summed E-state index contributed by atoms with van der Waals surface area (Å²) in [5.41, 5.74) is -0.859. The lowest BCUT2D eigenvalue weighted by atomic mass is 9.98. The number of halogens is 2. The first-order chi connectivity index (χ1) is 11.9. The van der Waals surface area contributed by atoms with Crippen LogP contribution >= 0.6 is 0 Å². The van der Waals surface area contributed by atoms with Gasteiger partial charge in [-0.25, -0.2) is 13.6 Å². The molecule has 2 aliphatic rings. The number of amides is 4. The molecule has 0 radical (unpaired) electrons. The zero-order chi connectivity index (χ0) is 18.0. The van der Waals surface area contributed by atoms with Gasteiger partial charge in [0.25, 0.3) is 5.91 Å². The maximum atomic E-state index is 13.5. The van der Waals surface area contributed by atoms with Crippen molar-refractivity contribution >= 4 is 23.5 Å². The van der Waals surface area contributed by atoms with Gasteiger partial charge < -0.3 is 10.6 Å². The minimum atomic E-state index is -0.856. The third-order valence-electron chi connectivity index (χ3n) is 4.69. The summed E-state index contributed by atoms with van der Waals surface area (Å²) >= 11 is 0. The maximum Gasteiger partial charge on any atom is 0.325 e. The second-order valence-electron chi connectivity index (χ2n) is 6.45. The van der Waals surface area contributed by atoms with Gasteiger partial charge in [0.05, 0.1) is 5.69 Å². The van der Waals surface area contributed by atoms with Crippen molar-refractivity contribution in [2.45, 2.75) is 44.1 Å². The Kier molecular flexibility index (Phi) is 4.69. The van der Waals surface area contributed by atoms with Gasteiger partial charge in [-0.2, -0.15) is 0 Å². The van der Waals surface area contributed by atoms with Crippen LogP contribution in [0.4, 0.5) is 19.3 Å². The van der Waals surface area contributed by atoms with Gasteiger partial charge in [0, 0.05) is 19.0 Å². The molecule has 1 saturated heterocycles. The molecular weight excluding hydrogens is 332 g/mol. The van der Waals surface area contributed by atoms with Gasteiger partial charge in [0.1, 0.15) is 17.2 Å². The second-order valence-corrected chi connectivity index (χ2v) is 6.45. The van der Waals surface area contributed by atoms with E-state index in [2.05, 4.69) is 10.6 Å². The summed E-state index contributed by atoms with van der Waals surface area (Å²) in [6, 6.07) is 2.46. The third kappa shape index (κ3) is 3.47. The van der Waals surface area contributed by atoms with E-state index in [-0.39, 0.29) is 31.0 Å². The summed E-state index contributed by atoms with van der Waals surface area (Å²) in [5.74, 6) is -2.27. The fraction of sp³-hybridized carbons (Fsp3) is 0.471. The quantitative estimate of drug-likeness (QED) is 0.800. The molecule has 1 heterocycles. The summed E-state index contributed by atoms with van der Waals surface area (Å²) in [4.78, 5) is 37.4. The Morgan fingerprint density at radius 3 is 2.64 bits per heavy atom. The Balaban J connectivity index is 1.50. The molecule has 3 rings (SSSR count). The highest BCUT2D eigenvalue weighted by atomic mass is 19.1. The molecule has 1 aliphatic carbocycles. The molecule has 0 aromatic heterocycles. The molecule has 2 N–H and O–H groups in total. The first-order valence-electron chi connectivity index (χ1n) is 8.30. The van der Waals surface area contributed by atoms with E-state index in [1.807, 2.05) is 0 Å². The predicted molar refractivity (Wildman–Crippen MR) is 85.7 cm³/mol. The molecule has 4 amide bonds. The first-order valence-corrected chi connectivity index (χ1v) is 8.30. The Morgan fingerprint density at radius 2 is 1.96 bits per heavy atom. The lowest BCUT2D eigenvalue weighted by Gasteiger charge is -2.19. The molecule has 1 saturated carbocycles. The molecule has 0 unspecified atom stereocenters. The van der Waals surface area contributed by atoms with Crippen LogP contribution in [0.3, 0.4) is 0 Å². The minimum absolute atomic E-state index is 0.0148. The molecule has 1 aromatic carbocycles. The lowest BCUT2D eigenvalue weighted by Crippen LogP contribution is -2.44. The number of anilines is 1. The van der Waals surface area contributed by atoms with Crippen LogP contribution in [0, 0.1) is 11.6 Å². The number of imide groups is 1. The molecular formula is C17H19F2N3O3. The molecule has 1 spiro atoms. The smallest absolute Gasteiger partial charge is 0.324 e. The lowest BCUT2D eigenvalue weighted by molar-refractivity contribution is -0.131. The van der Waals surface area contributed by atoms with Crippen LogP contribution in [0.15, 0.2) is 18.2 Å². The number of nitrogens with one attached hydrogen (secondary N) is 2. The van der Waals surface area contributed by atoms with E-state index in [4.69, 9.17) is 0 Å². The monoisotopic (exact) mass is 351 g/mol. The molecule has 8 heteroatoms. The summed E-state index contributed by atoms with van der Waals surface area (Å²) in [5, 5.41) is 5.12. The van der Waals surface area contributed by atoms with Crippen molar-refractivity contribution in [3.63, 3.8) is 0 Å². The van der Waals surface area contributed by atoms with Crippen LogP contribution in [0.2, 0.25) is 0 Å². The number of rotatable bonds is 5. The fourth-order valence-corrected chi connectivity index (χ4v) is 3.40. The van der Waals surface area contributed by atoms with Crippen molar-refractivity contribution in [2.24, 2.45) is 0 Å². The Hall–Kier alpha value is -2.51. The highest BCUT2D eigenvalue weighted by molar-refractivity contribution is 6.07. The van der Waals surface area contributed by atoms with E-state index in [1.165, 1.54) is 0 Å². The Morgan fingerprint density at radius 1 is 1.24 bits per heavy atom. The van der Waals surface area contributed by atoms with E-state index in [0.29, 0.717) is 18.9 Å². The van der Waals surface area contributed by atoms with Crippen molar-refractivity contribution < 1.29 is 23.2 Å². The predicted octanol–water partition coefficient (Wildman–Crippen LogP) is 2.55. The molecule has 2 fully saturated rings. The highest BCUT2D eigenvalue weighted by Gasteiger charge is 2.51. The van der Waals surface area contributed by atoms with Crippen LogP contribution < -0.4 is 10.6 Å². The number of carbonyl (C=O) groups excluding carboxylic acids is 3. The number of hydrogen-bond acceptors (Lipinski definition) is 3. The number of hydrogen-bond donors (Lipinski definition) is 2. The van der Waals surface area contributed by atoms with Gasteiger partial charge in [-0.1, -0.05) is 12.8 Å². The fourth-order valence-electron chi connectivity index (χ4n) is 3.40. The zero-order valence-electron chi connectivity index (χ0n) is 13.6. The van der Waals surface area contributed by atoms with E-state index in [9.17, 15) is 23.2 Å². The molecule has 1 aromatic rings. The molecule has 0 bridgehead atoms. The van der Waals surface area contributed by atoms with E-state index in [1.54, 1.807) is 0 Å². The van der Waals surface area contributed by atoms with Crippen molar-refractivity contribution in [2.75, 3.05) is 11.9 Å². The van der Waals surface area contributed by atoms with Crippen LogP contribution in [-0.4, -0.2) is 34.8 Å². The van der Waals surface area contributed by atoms with Gasteiger partial charge in [0.2, 0.25) is 5.91 Å². The summed E-state index contributed by atoms with van der Waals surface area (Å²) in [7, 11) is 0. The average Bonchev–Trinajstić information content (AvgIpc) is 3.11. The van der Waals surface area contributed by atoms with E-state index < -0.39 is 29.1 Å². The zero-order valence-corrected chi connectivity index (χ0v) is 13.6. The second kappa shape index (κ2) is 6.78. The normalized spacial score (nSPS) is 18.7. The van der Waals surface area contributed by atoms with Crippen LogP contribution in [0.25, 0.3) is 0 Å². The van der Waals surface area contributed by atoms with Gasteiger partial charge >= 0.3 is 6.03 Å². The standard InChI is InChI=1S/C17H19F2N3O3/c18-11-5-6-13(12(19)10-11)20-14(23)4-3-9-22-15(24)17(21-16(22)25)7-1-2-8-17/h5-6,10H,1-4,7-9H2,(H,20,23)(H,21,25). The van der Waals surface area contributed by atoms with Crippen molar-refractivity contribution in [1.82, 2.24) is 10.2 Å². The topological polar surface area (TPSA) is 78.5 Å². The van der Waals surface area contributed by atoms with Crippen molar-refractivity contribution in [3.05, 3.63) is 29.8 Å². The van der Waals surface area contributed by atoms with E-state index >= 15 is 0 Å². The molecule has 25 heavy (non-hydrogen) atoms. The minimum Gasteiger partial charge on any atom is -0.324 e. The Bertz CT molecular complexity index is 717. The summed E-state index contributed by atoms with van der Waals surface area (Å²) in [6.45, 7) is 0.131. The molecule has 134 valence electrons. The number of urea groups is 1. The van der Waals surface area contributed by atoms with Crippen LogP contribution in [0.1, 0.15) is 38.5 Å². The van der Waals surface area contributed by atoms with Crippen molar-refractivity contribution in [1.29, 1.82) is 0 Å². The molecule has 1 aliphatic heterocycles. The number of carbonyl (C=O) groups is 3.